The highest BCUT2D eigenvalue weighted by molar-refractivity contribution is 9.09. The van der Waals surface area contributed by atoms with Gasteiger partial charge in [0, 0.05) is 23.5 Å². The van der Waals surface area contributed by atoms with E-state index in [2.05, 4.69) is 32.8 Å². The maximum absolute atomic E-state index is 10.6. The van der Waals surface area contributed by atoms with Crippen LogP contribution in [0.15, 0.2) is 12.3 Å². The van der Waals surface area contributed by atoms with Crippen molar-refractivity contribution in [1.29, 1.82) is 0 Å². The molecule has 0 spiro atoms. The SMILES string of the molecule is O=C(O)c1ncc(C#CCCBr)cc1Cl. The predicted molar refractivity (Wildman–Crippen MR) is 61.5 cm³/mol. The molecule has 15 heavy (non-hydrogen) atoms. The number of hydrogen-bond acceptors (Lipinski definition) is 2. The molecule has 0 bridgehead atoms. The topological polar surface area (TPSA) is 50.2 Å². The van der Waals surface area contributed by atoms with Crippen molar-refractivity contribution in [2.75, 3.05) is 5.33 Å². The number of aromatic carboxylic acids is 1. The lowest BCUT2D eigenvalue weighted by Crippen LogP contribution is -2.01. The summed E-state index contributed by atoms with van der Waals surface area (Å²) >= 11 is 8.96. The van der Waals surface area contributed by atoms with Gasteiger partial charge in [0.05, 0.1) is 5.02 Å². The van der Waals surface area contributed by atoms with Crippen LogP contribution in [0.2, 0.25) is 5.02 Å². The largest absolute Gasteiger partial charge is 0.476 e. The standard InChI is InChI=1S/C10H7BrClNO2/c11-4-2-1-3-7-5-8(12)9(10(14)15)13-6-7/h5-6H,2,4H2,(H,14,15). The molecule has 0 aromatic carbocycles. The number of hydrogen-bond donors (Lipinski definition) is 1. The van der Waals surface area contributed by atoms with Crippen LogP contribution < -0.4 is 0 Å². The van der Waals surface area contributed by atoms with Crippen LogP contribution in [0.5, 0.6) is 0 Å². The van der Waals surface area contributed by atoms with Crippen molar-refractivity contribution in [2.24, 2.45) is 0 Å². The summed E-state index contributed by atoms with van der Waals surface area (Å²) < 4.78 is 0. The first-order chi connectivity index (χ1) is 7.15. The molecule has 0 radical (unpaired) electrons. The minimum Gasteiger partial charge on any atom is -0.476 e. The molecule has 0 aliphatic carbocycles. The molecule has 5 heteroatoms. The van der Waals surface area contributed by atoms with Crippen LogP contribution in [0.1, 0.15) is 22.5 Å². The van der Waals surface area contributed by atoms with Gasteiger partial charge >= 0.3 is 5.97 Å². The predicted octanol–water partition coefficient (Wildman–Crippen LogP) is 2.57. The lowest BCUT2D eigenvalue weighted by Gasteiger charge is -1.97. The number of pyridine rings is 1. The summed E-state index contributed by atoms with van der Waals surface area (Å²) in [7, 11) is 0. The molecule has 1 aromatic rings. The molecule has 0 saturated heterocycles. The number of nitrogens with zero attached hydrogens (tertiary/aromatic N) is 1. The summed E-state index contributed by atoms with van der Waals surface area (Å²) in [5.74, 6) is 4.58. The Bertz CT molecular complexity index is 437. The van der Waals surface area contributed by atoms with Gasteiger partial charge in [0.15, 0.2) is 5.69 Å². The summed E-state index contributed by atoms with van der Waals surface area (Å²) in [5, 5.41) is 9.59. The van der Waals surface area contributed by atoms with Gasteiger partial charge in [0.25, 0.3) is 0 Å². The molecule has 0 fully saturated rings. The molecule has 78 valence electrons. The highest BCUT2D eigenvalue weighted by Gasteiger charge is 2.09. The van der Waals surface area contributed by atoms with Gasteiger partial charge in [0.2, 0.25) is 0 Å². The summed E-state index contributed by atoms with van der Waals surface area (Å²) in [6, 6.07) is 1.50. The summed E-state index contributed by atoms with van der Waals surface area (Å²) in [6.07, 6.45) is 2.12. The van der Waals surface area contributed by atoms with E-state index in [0.717, 1.165) is 11.8 Å². The van der Waals surface area contributed by atoms with E-state index in [1.807, 2.05) is 0 Å². The molecule has 0 aliphatic heterocycles. The fourth-order valence-corrected chi connectivity index (χ4v) is 1.32. The van der Waals surface area contributed by atoms with Crippen LogP contribution in [0, 0.1) is 11.8 Å². The Morgan fingerprint density at radius 2 is 2.40 bits per heavy atom. The molecule has 1 aromatic heterocycles. The van der Waals surface area contributed by atoms with Crippen molar-refractivity contribution in [3.05, 3.63) is 28.5 Å². The summed E-state index contributed by atoms with van der Waals surface area (Å²) in [6.45, 7) is 0. The van der Waals surface area contributed by atoms with E-state index in [-0.39, 0.29) is 10.7 Å². The smallest absolute Gasteiger partial charge is 0.356 e. The zero-order chi connectivity index (χ0) is 11.3. The van der Waals surface area contributed by atoms with Gasteiger partial charge in [-0.05, 0) is 6.07 Å². The quantitative estimate of drug-likeness (QED) is 0.672. The molecular formula is C10H7BrClNO2. The number of aromatic nitrogens is 1. The van der Waals surface area contributed by atoms with E-state index in [1.54, 1.807) is 0 Å². The summed E-state index contributed by atoms with van der Waals surface area (Å²) in [4.78, 5) is 14.3. The Morgan fingerprint density at radius 3 is 2.93 bits per heavy atom. The second kappa shape index (κ2) is 5.74. The van der Waals surface area contributed by atoms with Crippen molar-refractivity contribution in [2.45, 2.75) is 6.42 Å². The summed E-state index contributed by atoms with van der Waals surface area (Å²) in [5.41, 5.74) is 0.466. The van der Waals surface area contributed by atoms with Crippen LogP contribution in [0.25, 0.3) is 0 Å². The van der Waals surface area contributed by atoms with Crippen molar-refractivity contribution in [1.82, 2.24) is 4.98 Å². The molecule has 3 nitrogen and oxygen atoms in total. The second-order valence-electron chi connectivity index (χ2n) is 2.60. The van der Waals surface area contributed by atoms with Gasteiger partial charge in [-0.3, -0.25) is 0 Å². The molecule has 1 rings (SSSR count). The number of carboxylic acids is 1. The lowest BCUT2D eigenvalue weighted by molar-refractivity contribution is 0.0690. The van der Waals surface area contributed by atoms with Crippen LogP contribution in [0.4, 0.5) is 0 Å². The zero-order valence-corrected chi connectivity index (χ0v) is 9.97. The molecule has 0 amide bonds. The number of rotatable bonds is 2. The fraction of sp³-hybridized carbons (Fsp3) is 0.200. The Morgan fingerprint density at radius 1 is 1.67 bits per heavy atom. The highest BCUT2D eigenvalue weighted by atomic mass is 79.9. The van der Waals surface area contributed by atoms with Crippen LogP contribution in [-0.4, -0.2) is 21.4 Å². The number of halogens is 2. The molecule has 0 saturated carbocycles. The van der Waals surface area contributed by atoms with E-state index < -0.39 is 5.97 Å². The second-order valence-corrected chi connectivity index (χ2v) is 3.80. The van der Waals surface area contributed by atoms with Crippen LogP contribution in [-0.2, 0) is 0 Å². The van der Waals surface area contributed by atoms with Crippen molar-refractivity contribution in [3.8, 4) is 11.8 Å². The third-order valence-electron chi connectivity index (χ3n) is 1.50. The Labute approximate surface area is 101 Å². The molecule has 0 atom stereocenters. The Hall–Kier alpha value is -1.05. The first-order valence-corrected chi connectivity index (χ1v) is 5.58. The van der Waals surface area contributed by atoms with Gasteiger partial charge in [-0.1, -0.05) is 39.4 Å². The van der Waals surface area contributed by atoms with Crippen molar-refractivity contribution in [3.63, 3.8) is 0 Å². The first kappa shape index (κ1) is 12.0. The van der Waals surface area contributed by atoms with Gasteiger partial charge in [-0.15, -0.1) is 0 Å². The van der Waals surface area contributed by atoms with Crippen molar-refractivity contribution < 1.29 is 9.90 Å². The number of alkyl halides is 1. The van der Waals surface area contributed by atoms with Crippen molar-refractivity contribution >= 4 is 33.5 Å². The van der Waals surface area contributed by atoms with E-state index in [0.29, 0.717) is 5.56 Å². The average Bonchev–Trinajstić information content (AvgIpc) is 2.17. The van der Waals surface area contributed by atoms with Crippen LogP contribution >= 0.6 is 27.5 Å². The van der Waals surface area contributed by atoms with E-state index in [9.17, 15) is 4.79 Å². The minimum absolute atomic E-state index is 0.105. The molecule has 0 unspecified atom stereocenters. The van der Waals surface area contributed by atoms with Gasteiger partial charge in [0.1, 0.15) is 0 Å². The average molecular weight is 289 g/mol. The third-order valence-corrected chi connectivity index (χ3v) is 2.18. The molecular weight excluding hydrogens is 281 g/mol. The normalized spacial score (nSPS) is 9.20. The van der Waals surface area contributed by atoms with E-state index in [1.165, 1.54) is 12.3 Å². The third kappa shape index (κ3) is 3.54. The van der Waals surface area contributed by atoms with Crippen LogP contribution in [0.3, 0.4) is 0 Å². The maximum Gasteiger partial charge on any atom is 0.356 e. The minimum atomic E-state index is -1.14. The molecule has 1 N–H and O–H groups in total. The van der Waals surface area contributed by atoms with E-state index >= 15 is 0 Å². The van der Waals surface area contributed by atoms with E-state index in [4.69, 9.17) is 16.7 Å². The lowest BCUT2D eigenvalue weighted by atomic mass is 10.2. The number of carbonyl (C=O) groups is 1. The van der Waals surface area contributed by atoms with Gasteiger partial charge in [-0.25, -0.2) is 9.78 Å². The number of carboxylic acid groups (broad SMARTS) is 1. The highest BCUT2D eigenvalue weighted by Crippen LogP contribution is 2.14. The fourth-order valence-electron chi connectivity index (χ4n) is 0.875. The Kier molecular flexibility index (Phi) is 4.60. The van der Waals surface area contributed by atoms with Gasteiger partial charge in [-0.2, -0.15) is 0 Å². The Balaban J connectivity index is 2.93. The first-order valence-electron chi connectivity index (χ1n) is 4.09. The molecule has 0 aliphatic rings. The maximum atomic E-state index is 10.6. The molecule has 1 heterocycles. The van der Waals surface area contributed by atoms with Gasteiger partial charge < -0.3 is 5.11 Å². The zero-order valence-electron chi connectivity index (χ0n) is 7.63. The monoisotopic (exact) mass is 287 g/mol.